The summed E-state index contributed by atoms with van der Waals surface area (Å²) in [4.78, 5) is 18.8. The Kier molecular flexibility index (Phi) is 4.97. The van der Waals surface area contributed by atoms with Crippen LogP contribution in [0.1, 0.15) is 0 Å². The van der Waals surface area contributed by atoms with Crippen molar-refractivity contribution in [3.63, 3.8) is 0 Å². The third-order valence-electron chi connectivity index (χ3n) is 2.46. The van der Waals surface area contributed by atoms with Crippen molar-refractivity contribution in [3.8, 4) is 11.6 Å². The molecule has 1 N–H and O–H groups in total. The van der Waals surface area contributed by atoms with Crippen molar-refractivity contribution in [3.05, 3.63) is 38.9 Å². The summed E-state index contributed by atoms with van der Waals surface area (Å²) in [6, 6.07) is 5.90. The Morgan fingerprint density at radius 2 is 2.14 bits per heavy atom. The lowest BCUT2D eigenvalue weighted by Crippen LogP contribution is -1.98. The molecule has 2 aromatic rings. The van der Waals surface area contributed by atoms with Crippen LogP contribution in [0.25, 0.3) is 0 Å². The second-order valence-electron chi connectivity index (χ2n) is 3.80. The summed E-state index contributed by atoms with van der Waals surface area (Å²) in [6.45, 7) is 0. The SMILES string of the molecule is CNc1cc(Oc2cc([N+](=O)[O-])ccc2Br)nc(SC)n1. The minimum absolute atomic E-state index is 0.0545. The van der Waals surface area contributed by atoms with Gasteiger partial charge in [0.25, 0.3) is 5.69 Å². The van der Waals surface area contributed by atoms with Crippen LogP contribution in [0.2, 0.25) is 0 Å². The van der Waals surface area contributed by atoms with Gasteiger partial charge in [0.1, 0.15) is 5.82 Å². The third-order valence-corrected chi connectivity index (χ3v) is 3.66. The molecule has 110 valence electrons. The van der Waals surface area contributed by atoms with Gasteiger partial charge in [-0.05, 0) is 28.3 Å². The zero-order valence-corrected chi connectivity index (χ0v) is 13.6. The predicted molar refractivity (Wildman–Crippen MR) is 84.2 cm³/mol. The van der Waals surface area contributed by atoms with E-state index < -0.39 is 4.92 Å². The molecule has 0 aliphatic rings. The smallest absolute Gasteiger partial charge is 0.273 e. The minimum atomic E-state index is -0.481. The Morgan fingerprint density at radius 1 is 1.38 bits per heavy atom. The molecule has 1 heterocycles. The number of nitrogens with one attached hydrogen (secondary N) is 1. The molecule has 0 aliphatic heterocycles. The van der Waals surface area contributed by atoms with E-state index in [9.17, 15) is 10.1 Å². The van der Waals surface area contributed by atoms with Crippen LogP contribution in [-0.4, -0.2) is 28.2 Å². The molecule has 0 amide bonds. The number of nitro benzene ring substituents is 1. The topological polar surface area (TPSA) is 90.2 Å². The molecule has 1 aromatic heterocycles. The quantitative estimate of drug-likeness (QED) is 0.371. The molecule has 1 aromatic carbocycles. The van der Waals surface area contributed by atoms with Gasteiger partial charge in [-0.15, -0.1) is 0 Å². The number of hydrogen-bond acceptors (Lipinski definition) is 7. The maximum Gasteiger partial charge on any atom is 0.273 e. The number of non-ortho nitro benzene ring substituents is 1. The second kappa shape index (κ2) is 6.72. The zero-order chi connectivity index (χ0) is 15.4. The van der Waals surface area contributed by atoms with E-state index in [1.807, 2.05) is 6.26 Å². The van der Waals surface area contributed by atoms with Crippen molar-refractivity contribution in [1.82, 2.24) is 9.97 Å². The molecule has 0 bridgehead atoms. The Bertz CT molecular complexity index is 661. The van der Waals surface area contributed by atoms with Gasteiger partial charge in [0.2, 0.25) is 5.88 Å². The van der Waals surface area contributed by atoms with E-state index in [4.69, 9.17) is 4.74 Å². The zero-order valence-electron chi connectivity index (χ0n) is 11.2. The Hall–Kier alpha value is -1.87. The van der Waals surface area contributed by atoms with E-state index in [0.29, 0.717) is 27.1 Å². The van der Waals surface area contributed by atoms with E-state index in [0.717, 1.165) is 0 Å². The normalized spacial score (nSPS) is 10.2. The number of aromatic nitrogens is 2. The van der Waals surface area contributed by atoms with Crippen molar-refractivity contribution in [2.24, 2.45) is 0 Å². The highest BCUT2D eigenvalue weighted by Crippen LogP contribution is 2.33. The van der Waals surface area contributed by atoms with Gasteiger partial charge in [-0.25, -0.2) is 4.98 Å². The average Bonchev–Trinajstić information content (AvgIpc) is 2.48. The van der Waals surface area contributed by atoms with E-state index in [1.54, 1.807) is 19.2 Å². The van der Waals surface area contributed by atoms with Gasteiger partial charge < -0.3 is 10.1 Å². The number of nitrogens with zero attached hydrogens (tertiary/aromatic N) is 3. The van der Waals surface area contributed by atoms with Crippen molar-refractivity contribution in [2.75, 3.05) is 18.6 Å². The minimum Gasteiger partial charge on any atom is -0.437 e. The van der Waals surface area contributed by atoms with E-state index in [2.05, 4.69) is 31.2 Å². The molecule has 2 rings (SSSR count). The van der Waals surface area contributed by atoms with E-state index in [-0.39, 0.29) is 5.69 Å². The lowest BCUT2D eigenvalue weighted by molar-refractivity contribution is -0.384. The number of halogens is 1. The van der Waals surface area contributed by atoms with E-state index >= 15 is 0 Å². The maximum absolute atomic E-state index is 10.8. The number of thioether (sulfide) groups is 1. The molecule has 0 aliphatic carbocycles. The largest absolute Gasteiger partial charge is 0.437 e. The third kappa shape index (κ3) is 3.82. The number of ether oxygens (including phenoxy) is 1. The van der Waals surface area contributed by atoms with Crippen LogP contribution in [0, 0.1) is 10.1 Å². The number of nitro groups is 1. The molecule has 9 heteroatoms. The van der Waals surface area contributed by atoms with Gasteiger partial charge in [0.15, 0.2) is 10.9 Å². The Labute approximate surface area is 133 Å². The van der Waals surface area contributed by atoms with Gasteiger partial charge in [0.05, 0.1) is 15.5 Å². The highest BCUT2D eigenvalue weighted by molar-refractivity contribution is 9.10. The summed E-state index contributed by atoms with van der Waals surface area (Å²) >= 11 is 4.67. The molecule has 0 radical (unpaired) electrons. The first-order valence-electron chi connectivity index (χ1n) is 5.76. The summed E-state index contributed by atoms with van der Waals surface area (Å²) in [6.07, 6.45) is 1.85. The predicted octanol–water partition coefficient (Wildman–Crippen LogP) is 3.70. The number of rotatable bonds is 5. The molecule has 0 saturated heterocycles. The molecule has 0 unspecified atom stereocenters. The summed E-state index contributed by atoms with van der Waals surface area (Å²) in [5.41, 5.74) is -0.0545. The summed E-state index contributed by atoms with van der Waals surface area (Å²) in [5, 5.41) is 14.3. The number of benzene rings is 1. The van der Waals surface area contributed by atoms with Crippen LogP contribution >= 0.6 is 27.7 Å². The van der Waals surface area contributed by atoms with Crippen LogP contribution in [0.5, 0.6) is 11.6 Å². The maximum atomic E-state index is 10.8. The van der Waals surface area contributed by atoms with Crippen molar-refractivity contribution < 1.29 is 9.66 Å². The van der Waals surface area contributed by atoms with Gasteiger partial charge in [-0.3, -0.25) is 10.1 Å². The van der Waals surface area contributed by atoms with Crippen LogP contribution in [0.3, 0.4) is 0 Å². The second-order valence-corrected chi connectivity index (χ2v) is 5.43. The van der Waals surface area contributed by atoms with Crippen molar-refractivity contribution in [1.29, 1.82) is 0 Å². The fourth-order valence-electron chi connectivity index (χ4n) is 1.47. The molecule has 0 fully saturated rings. The fraction of sp³-hybridized carbons (Fsp3) is 0.167. The molecule has 21 heavy (non-hydrogen) atoms. The Morgan fingerprint density at radius 3 is 2.76 bits per heavy atom. The highest BCUT2D eigenvalue weighted by Gasteiger charge is 2.13. The van der Waals surface area contributed by atoms with Gasteiger partial charge in [0, 0.05) is 19.2 Å². The average molecular weight is 371 g/mol. The lowest BCUT2D eigenvalue weighted by atomic mass is 10.3. The van der Waals surface area contributed by atoms with Crippen molar-refractivity contribution >= 4 is 39.2 Å². The number of hydrogen-bond donors (Lipinski definition) is 1. The van der Waals surface area contributed by atoms with E-state index in [1.165, 1.54) is 23.9 Å². The molecule has 0 atom stereocenters. The van der Waals surface area contributed by atoms with Crippen LogP contribution in [0.4, 0.5) is 11.5 Å². The van der Waals surface area contributed by atoms with Gasteiger partial charge >= 0.3 is 0 Å². The van der Waals surface area contributed by atoms with Gasteiger partial charge in [-0.1, -0.05) is 11.8 Å². The van der Waals surface area contributed by atoms with Crippen LogP contribution in [0.15, 0.2) is 33.9 Å². The lowest BCUT2D eigenvalue weighted by Gasteiger charge is -2.09. The van der Waals surface area contributed by atoms with Crippen LogP contribution in [-0.2, 0) is 0 Å². The monoisotopic (exact) mass is 370 g/mol. The highest BCUT2D eigenvalue weighted by atomic mass is 79.9. The van der Waals surface area contributed by atoms with Crippen molar-refractivity contribution in [2.45, 2.75) is 5.16 Å². The molecule has 0 spiro atoms. The molecule has 0 saturated carbocycles. The summed E-state index contributed by atoms with van der Waals surface area (Å²) in [7, 11) is 1.74. The summed E-state index contributed by atoms with van der Waals surface area (Å²) < 4.78 is 6.23. The van der Waals surface area contributed by atoms with Crippen LogP contribution < -0.4 is 10.1 Å². The first-order chi connectivity index (χ1) is 10.0. The molecular formula is C12H11BrN4O3S. The number of anilines is 1. The van der Waals surface area contributed by atoms with Gasteiger partial charge in [-0.2, -0.15) is 4.98 Å². The first kappa shape index (κ1) is 15.5. The first-order valence-corrected chi connectivity index (χ1v) is 7.78. The molecular weight excluding hydrogens is 360 g/mol. The Balaban J connectivity index is 2.37. The fourth-order valence-corrected chi connectivity index (χ4v) is 2.17. The standard InChI is InChI=1S/C12H11BrN4O3S/c1-14-10-6-11(16-12(15-10)21-2)20-9-5-7(17(18)19)3-4-8(9)13/h3-6H,1-2H3,(H,14,15,16). The molecule has 7 nitrogen and oxygen atoms in total. The summed E-state index contributed by atoms with van der Waals surface area (Å²) in [5.74, 6) is 1.22.